The van der Waals surface area contributed by atoms with Crippen LogP contribution in [0, 0.1) is 6.92 Å². The molecule has 2 amide bonds. The van der Waals surface area contributed by atoms with Gasteiger partial charge in [-0.05, 0) is 57.0 Å². The Hall–Kier alpha value is -3.07. The first kappa shape index (κ1) is 27.2. The number of benzene rings is 2. The first-order chi connectivity index (χ1) is 16.0. The van der Waals surface area contributed by atoms with Gasteiger partial charge in [0.25, 0.3) is 0 Å². The molecule has 0 saturated carbocycles. The number of amides is 2. The molecule has 0 radical (unpaired) electrons. The maximum atomic E-state index is 13.5. The van der Waals surface area contributed by atoms with Gasteiger partial charge in [0.1, 0.15) is 18.3 Å². The summed E-state index contributed by atoms with van der Waals surface area (Å²) in [6, 6.07) is 13.2. The molecule has 0 aliphatic heterocycles. The normalized spacial score (nSPS) is 13.0. The van der Waals surface area contributed by atoms with Gasteiger partial charge in [0, 0.05) is 12.6 Å². The monoisotopic (exact) mass is 489 g/mol. The average Bonchev–Trinajstić information content (AvgIpc) is 2.80. The van der Waals surface area contributed by atoms with E-state index < -0.39 is 28.5 Å². The lowest BCUT2D eigenvalue weighted by atomic mass is 10.1. The van der Waals surface area contributed by atoms with Gasteiger partial charge in [0.15, 0.2) is 0 Å². The van der Waals surface area contributed by atoms with Crippen LogP contribution in [0.5, 0.6) is 5.75 Å². The molecule has 0 heterocycles. The average molecular weight is 490 g/mol. The molecule has 0 aliphatic carbocycles. The largest absolute Gasteiger partial charge is 0.497 e. The second-order valence-corrected chi connectivity index (χ2v) is 10.4. The van der Waals surface area contributed by atoms with Crippen LogP contribution < -0.4 is 14.4 Å². The summed E-state index contributed by atoms with van der Waals surface area (Å²) in [4.78, 5) is 27.8. The standard InChI is InChI=1S/C25H35N3O5S/c1-7-19(3)26-25(30)20(4)27(16-21-9-8-10-23(15-21)33-5)24(29)17-28(34(6,31)32)22-13-11-18(2)12-14-22/h8-15,19-20H,7,16-17H2,1-6H3,(H,26,30). The van der Waals surface area contributed by atoms with Crippen molar-refractivity contribution in [2.45, 2.75) is 52.7 Å². The summed E-state index contributed by atoms with van der Waals surface area (Å²) in [5, 5.41) is 2.91. The molecule has 9 heteroatoms. The highest BCUT2D eigenvalue weighted by Gasteiger charge is 2.30. The van der Waals surface area contributed by atoms with Crippen LogP contribution in [0.1, 0.15) is 38.3 Å². The van der Waals surface area contributed by atoms with Gasteiger partial charge < -0.3 is 15.0 Å². The van der Waals surface area contributed by atoms with Crippen molar-refractivity contribution >= 4 is 27.5 Å². The Labute approximate surface area is 202 Å². The van der Waals surface area contributed by atoms with E-state index in [0.717, 1.165) is 28.1 Å². The smallest absolute Gasteiger partial charge is 0.244 e. The Balaban J connectivity index is 2.39. The van der Waals surface area contributed by atoms with E-state index in [-0.39, 0.29) is 18.5 Å². The quantitative estimate of drug-likeness (QED) is 0.523. The number of hydrogen-bond acceptors (Lipinski definition) is 5. The van der Waals surface area contributed by atoms with Crippen molar-refractivity contribution in [3.63, 3.8) is 0 Å². The van der Waals surface area contributed by atoms with Gasteiger partial charge in [-0.2, -0.15) is 0 Å². The van der Waals surface area contributed by atoms with Gasteiger partial charge in [-0.25, -0.2) is 8.42 Å². The van der Waals surface area contributed by atoms with Crippen LogP contribution in [0.2, 0.25) is 0 Å². The van der Waals surface area contributed by atoms with Gasteiger partial charge in [0.2, 0.25) is 21.8 Å². The summed E-state index contributed by atoms with van der Waals surface area (Å²) in [6.45, 7) is 7.09. The third-order valence-electron chi connectivity index (χ3n) is 5.66. The van der Waals surface area contributed by atoms with Gasteiger partial charge >= 0.3 is 0 Å². The topological polar surface area (TPSA) is 96.0 Å². The van der Waals surface area contributed by atoms with Crippen molar-refractivity contribution in [1.29, 1.82) is 0 Å². The maximum absolute atomic E-state index is 13.5. The molecule has 0 aliphatic rings. The van der Waals surface area contributed by atoms with Crippen molar-refractivity contribution < 1.29 is 22.7 Å². The summed E-state index contributed by atoms with van der Waals surface area (Å²) in [7, 11) is -2.20. The molecular formula is C25H35N3O5S. The zero-order valence-corrected chi connectivity index (χ0v) is 21.6. The van der Waals surface area contributed by atoms with E-state index in [1.165, 1.54) is 4.90 Å². The number of hydrogen-bond donors (Lipinski definition) is 1. The van der Waals surface area contributed by atoms with Crippen LogP contribution in [-0.2, 0) is 26.2 Å². The van der Waals surface area contributed by atoms with Crippen LogP contribution in [0.4, 0.5) is 5.69 Å². The summed E-state index contributed by atoms with van der Waals surface area (Å²) in [6.07, 6.45) is 1.81. The van der Waals surface area contributed by atoms with Gasteiger partial charge in [-0.1, -0.05) is 36.8 Å². The number of ether oxygens (including phenoxy) is 1. The highest BCUT2D eigenvalue weighted by atomic mass is 32.2. The Bertz CT molecular complexity index is 1090. The molecule has 2 rings (SSSR count). The molecule has 1 N–H and O–H groups in total. The SMILES string of the molecule is CCC(C)NC(=O)C(C)N(Cc1cccc(OC)c1)C(=O)CN(c1ccc(C)cc1)S(C)(=O)=O. The van der Waals surface area contributed by atoms with Gasteiger partial charge in [0.05, 0.1) is 19.1 Å². The minimum atomic E-state index is -3.75. The zero-order valence-electron chi connectivity index (χ0n) is 20.7. The highest BCUT2D eigenvalue weighted by Crippen LogP contribution is 2.20. The van der Waals surface area contributed by atoms with Crippen LogP contribution in [0.15, 0.2) is 48.5 Å². The van der Waals surface area contributed by atoms with Crippen LogP contribution in [0.25, 0.3) is 0 Å². The molecular weight excluding hydrogens is 454 g/mol. The lowest BCUT2D eigenvalue weighted by molar-refractivity contribution is -0.139. The fraction of sp³-hybridized carbons (Fsp3) is 0.440. The third-order valence-corrected chi connectivity index (χ3v) is 6.80. The Kier molecular flexibility index (Phi) is 9.49. The first-order valence-electron chi connectivity index (χ1n) is 11.2. The minimum absolute atomic E-state index is 0.0520. The van der Waals surface area contributed by atoms with Gasteiger partial charge in [-0.3, -0.25) is 13.9 Å². The number of nitrogens with one attached hydrogen (secondary N) is 1. The fourth-order valence-electron chi connectivity index (χ4n) is 3.34. The van der Waals surface area contributed by atoms with Crippen LogP contribution in [0.3, 0.4) is 0 Å². The summed E-state index contributed by atoms with van der Waals surface area (Å²) >= 11 is 0. The lowest BCUT2D eigenvalue weighted by Gasteiger charge is -2.32. The molecule has 0 saturated heterocycles. The van der Waals surface area contributed by atoms with Crippen molar-refractivity contribution in [3.8, 4) is 5.75 Å². The third kappa shape index (κ3) is 7.48. The number of sulfonamides is 1. The minimum Gasteiger partial charge on any atom is -0.497 e. The second kappa shape index (κ2) is 11.9. The lowest BCUT2D eigenvalue weighted by Crippen LogP contribution is -2.52. The maximum Gasteiger partial charge on any atom is 0.244 e. The predicted molar refractivity (Wildman–Crippen MR) is 134 cm³/mol. The zero-order chi connectivity index (χ0) is 25.5. The van der Waals surface area contributed by atoms with E-state index in [9.17, 15) is 18.0 Å². The van der Waals surface area contributed by atoms with E-state index in [4.69, 9.17) is 4.74 Å². The Morgan fingerprint density at radius 2 is 1.74 bits per heavy atom. The van der Waals surface area contributed by atoms with E-state index in [1.54, 1.807) is 56.5 Å². The van der Waals surface area contributed by atoms with Crippen molar-refractivity contribution in [3.05, 3.63) is 59.7 Å². The van der Waals surface area contributed by atoms with Crippen LogP contribution >= 0.6 is 0 Å². The van der Waals surface area contributed by atoms with Crippen LogP contribution in [-0.4, -0.2) is 57.1 Å². The number of anilines is 1. The molecule has 8 nitrogen and oxygen atoms in total. The number of methoxy groups -OCH3 is 1. The van der Waals surface area contributed by atoms with Gasteiger partial charge in [-0.15, -0.1) is 0 Å². The van der Waals surface area contributed by atoms with E-state index in [2.05, 4.69) is 5.32 Å². The Morgan fingerprint density at radius 3 is 2.29 bits per heavy atom. The molecule has 0 aromatic heterocycles. The predicted octanol–water partition coefficient (Wildman–Crippen LogP) is 3.10. The number of nitrogens with zero attached hydrogens (tertiary/aromatic N) is 2. The molecule has 186 valence electrons. The molecule has 0 bridgehead atoms. The molecule has 0 fully saturated rings. The number of aryl methyl sites for hydroxylation is 1. The first-order valence-corrected chi connectivity index (χ1v) is 13.1. The van der Waals surface area contributed by atoms with Crippen molar-refractivity contribution in [2.75, 3.05) is 24.2 Å². The Morgan fingerprint density at radius 1 is 1.09 bits per heavy atom. The molecule has 34 heavy (non-hydrogen) atoms. The molecule has 2 unspecified atom stereocenters. The van der Waals surface area contributed by atoms with E-state index >= 15 is 0 Å². The molecule has 0 spiro atoms. The van der Waals surface area contributed by atoms with Crippen molar-refractivity contribution in [2.24, 2.45) is 0 Å². The van der Waals surface area contributed by atoms with E-state index in [1.807, 2.05) is 26.8 Å². The number of rotatable bonds is 11. The summed E-state index contributed by atoms with van der Waals surface area (Å²) < 4.78 is 31.5. The van der Waals surface area contributed by atoms with Crippen molar-refractivity contribution in [1.82, 2.24) is 10.2 Å². The fourth-order valence-corrected chi connectivity index (χ4v) is 4.19. The summed E-state index contributed by atoms with van der Waals surface area (Å²) in [5.41, 5.74) is 2.12. The molecule has 2 aromatic carbocycles. The van der Waals surface area contributed by atoms with E-state index in [0.29, 0.717) is 11.4 Å². The molecule has 2 aromatic rings. The molecule has 2 atom stereocenters. The second-order valence-electron chi connectivity index (χ2n) is 8.47. The number of carbonyl (C=O) groups is 2. The number of carbonyl (C=O) groups excluding carboxylic acids is 2. The highest BCUT2D eigenvalue weighted by molar-refractivity contribution is 7.92. The summed E-state index contributed by atoms with van der Waals surface area (Å²) in [5.74, 6) is -0.161.